The second kappa shape index (κ2) is 7.64. The van der Waals surface area contributed by atoms with E-state index in [0.29, 0.717) is 32.3 Å². The highest BCUT2D eigenvalue weighted by Crippen LogP contribution is 2.27. The lowest BCUT2D eigenvalue weighted by Crippen LogP contribution is -2.25. The number of rotatable bonds is 4. The van der Waals surface area contributed by atoms with Gasteiger partial charge in [-0.05, 0) is 25.3 Å². The molecule has 1 aromatic heterocycles. The Bertz CT molecular complexity index is 704. The van der Waals surface area contributed by atoms with Crippen LogP contribution >= 0.6 is 0 Å². The van der Waals surface area contributed by atoms with Crippen molar-refractivity contribution in [3.63, 3.8) is 0 Å². The summed E-state index contributed by atoms with van der Waals surface area (Å²) >= 11 is 0. The maximum atomic E-state index is 5.89. The molecule has 2 fully saturated rings. The van der Waals surface area contributed by atoms with Crippen molar-refractivity contribution in [3.05, 3.63) is 47.0 Å². The van der Waals surface area contributed by atoms with Gasteiger partial charge in [0.25, 0.3) is 0 Å². The van der Waals surface area contributed by atoms with E-state index >= 15 is 0 Å². The summed E-state index contributed by atoms with van der Waals surface area (Å²) in [5, 5.41) is 4.85. The van der Waals surface area contributed by atoms with Crippen LogP contribution in [0.15, 0.2) is 24.3 Å². The van der Waals surface area contributed by atoms with E-state index in [-0.39, 0.29) is 6.10 Å². The second-order valence-corrected chi connectivity index (χ2v) is 6.80. The highest BCUT2D eigenvalue weighted by atomic mass is 16.6. The molecule has 0 saturated carbocycles. The fraction of sp³-hybridized carbons (Fsp3) is 0.579. The maximum absolute atomic E-state index is 5.89. The van der Waals surface area contributed by atoms with Crippen LogP contribution in [0.2, 0.25) is 0 Å². The third-order valence-electron chi connectivity index (χ3n) is 4.82. The summed E-state index contributed by atoms with van der Waals surface area (Å²) in [5.41, 5.74) is 2.47. The van der Waals surface area contributed by atoms with Crippen molar-refractivity contribution in [2.75, 3.05) is 33.0 Å². The zero-order valence-electron chi connectivity index (χ0n) is 14.7. The van der Waals surface area contributed by atoms with E-state index in [2.05, 4.69) is 31.2 Å². The molecule has 2 saturated heterocycles. The summed E-state index contributed by atoms with van der Waals surface area (Å²) in [6, 6.07) is 8.51. The van der Waals surface area contributed by atoms with Crippen LogP contribution in [0.25, 0.3) is 0 Å². The molecule has 6 heteroatoms. The third kappa shape index (κ3) is 3.92. The quantitative estimate of drug-likeness (QED) is 0.854. The van der Waals surface area contributed by atoms with Crippen molar-refractivity contribution in [3.8, 4) is 0 Å². The van der Waals surface area contributed by atoms with Gasteiger partial charge in [0, 0.05) is 19.1 Å². The standard InChI is InChI=1S/C19H25N3O3/c1-14-3-2-4-15(11-14)12-22-19(17-13-24-9-10-25-17)20-18(21-22)16-5-7-23-8-6-16/h2-4,11,16-17H,5-10,12-13H2,1H3/t17-/m1/s1. The van der Waals surface area contributed by atoms with Crippen LogP contribution in [-0.4, -0.2) is 47.8 Å². The number of hydrogen-bond donors (Lipinski definition) is 0. The average Bonchev–Trinajstić information content (AvgIpc) is 3.07. The van der Waals surface area contributed by atoms with Gasteiger partial charge in [-0.3, -0.25) is 0 Å². The predicted molar refractivity (Wildman–Crippen MR) is 92.6 cm³/mol. The van der Waals surface area contributed by atoms with Crippen molar-refractivity contribution < 1.29 is 14.2 Å². The highest BCUT2D eigenvalue weighted by Gasteiger charge is 2.27. The minimum Gasteiger partial charge on any atom is -0.381 e. The van der Waals surface area contributed by atoms with Crippen LogP contribution in [0.3, 0.4) is 0 Å². The lowest BCUT2D eigenvalue weighted by molar-refractivity contribution is -0.0949. The van der Waals surface area contributed by atoms with Crippen LogP contribution in [0.4, 0.5) is 0 Å². The molecule has 25 heavy (non-hydrogen) atoms. The summed E-state index contributed by atoms with van der Waals surface area (Å²) in [7, 11) is 0. The number of hydrogen-bond acceptors (Lipinski definition) is 5. The summed E-state index contributed by atoms with van der Waals surface area (Å²) in [6.45, 7) is 6.18. The van der Waals surface area contributed by atoms with Gasteiger partial charge >= 0.3 is 0 Å². The van der Waals surface area contributed by atoms with Crippen molar-refractivity contribution in [1.82, 2.24) is 14.8 Å². The van der Waals surface area contributed by atoms with Crippen LogP contribution in [0, 0.1) is 6.92 Å². The van der Waals surface area contributed by atoms with Gasteiger partial charge in [-0.25, -0.2) is 9.67 Å². The smallest absolute Gasteiger partial charge is 0.159 e. The summed E-state index contributed by atoms with van der Waals surface area (Å²) in [6.07, 6.45) is 1.82. The Kier molecular flexibility index (Phi) is 5.10. The molecule has 6 nitrogen and oxygen atoms in total. The predicted octanol–water partition coefficient (Wildman–Crippen LogP) is 2.62. The van der Waals surface area contributed by atoms with Gasteiger partial charge < -0.3 is 14.2 Å². The average molecular weight is 343 g/mol. The Morgan fingerprint density at radius 2 is 2.00 bits per heavy atom. The Balaban J connectivity index is 1.63. The fourth-order valence-electron chi connectivity index (χ4n) is 3.48. The SMILES string of the molecule is Cc1cccc(Cn2nc(C3CCOCC3)nc2[C@H]2COCCO2)c1. The molecule has 1 atom stereocenters. The molecular weight excluding hydrogens is 318 g/mol. The zero-order chi connectivity index (χ0) is 17.1. The van der Waals surface area contributed by atoms with Crippen molar-refractivity contribution >= 4 is 0 Å². The van der Waals surface area contributed by atoms with E-state index in [9.17, 15) is 0 Å². The number of ether oxygens (including phenoxy) is 3. The Morgan fingerprint density at radius 3 is 2.76 bits per heavy atom. The topological polar surface area (TPSA) is 58.4 Å². The van der Waals surface area contributed by atoms with Crippen LogP contribution < -0.4 is 0 Å². The summed E-state index contributed by atoms with van der Waals surface area (Å²) in [4.78, 5) is 4.87. The number of aryl methyl sites for hydroxylation is 1. The molecule has 0 N–H and O–H groups in total. The largest absolute Gasteiger partial charge is 0.381 e. The van der Waals surface area contributed by atoms with E-state index in [0.717, 1.165) is 37.7 Å². The monoisotopic (exact) mass is 343 g/mol. The number of benzene rings is 1. The Hall–Kier alpha value is -1.76. The molecule has 3 heterocycles. The van der Waals surface area contributed by atoms with Gasteiger partial charge in [-0.15, -0.1) is 0 Å². The minimum atomic E-state index is -0.139. The molecule has 0 bridgehead atoms. The van der Waals surface area contributed by atoms with Crippen LogP contribution in [0.5, 0.6) is 0 Å². The number of nitrogens with zero attached hydrogens (tertiary/aromatic N) is 3. The van der Waals surface area contributed by atoms with Crippen molar-refractivity contribution in [2.24, 2.45) is 0 Å². The van der Waals surface area contributed by atoms with E-state index in [1.54, 1.807) is 0 Å². The molecule has 2 aromatic rings. The minimum absolute atomic E-state index is 0.139. The van der Waals surface area contributed by atoms with Crippen LogP contribution in [0.1, 0.15) is 47.6 Å². The molecule has 0 radical (unpaired) electrons. The fourth-order valence-corrected chi connectivity index (χ4v) is 3.48. The van der Waals surface area contributed by atoms with E-state index in [1.807, 2.05) is 4.68 Å². The van der Waals surface area contributed by atoms with E-state index < -0.39 is 0 Å². The van der Waals surface area contributed by atoms with E-state index in [1.165, 1.54) is 11.1 Å². The third-order valence-corrected chi connectivity index (χ3v) is 4.82. The van der Waals surface area contributed by atoms with Gasteiger partial charge in [0.05, 0.1) is 26.4 Å². The summed E-state index contributed by atoms with van der Waals surface area (Å²) < 4.78 is 19.0. The summed E-state index contributed by atoms with van der Waals surface area (Å²) in [5.74, 6) is 2.17. The van der Waals surface area contributed by atoms with Gasteiger partial charge in [-0.1, -0.05) is 29.8 Å². The molecule has 2 aliphatic rings. The molecule has 134 valence electrons. The maximum Gasteiger partial charge on any atom is 0.159 e. The normalized spacial score (nSPS) is 22.2. The van der Waals surface area contributed by atoms with Gasteiger partial charge in [0.2, 0.25) is 0 Å². The van der Waals surface area contributed by atoms with Gasteiger partial charge in [0.1, 0.15) is 6.10 Å². The molecule has 4 rings (SSSR count). The second-order valence-electron chi connectivity index (χ2n) is 6.80. The zero-order valence-corrected chi connectivity index (χ0v) is 14.7. The van der Waals surface area contributed by atoms with Crippen molar-refractivity contribution in [2.45, 2.75) is 38.3 Å². The Morgan fingerprint density at radius 1 is 1.12 bits per heavy atom. The van der Waals surface area contributed by atoms with Crippen LogP contribution in [-0.2, 0) is 20.8 Å². The molecule has 1 aromatic carbocycles. The van der Waals surface area contributed by atoms with E-state index in [4.69, 9.17) is 24.3 Å². The lowest BCUT2D eigenvalue weighted by Gasteiger charge is -2.22. The number of aromatic nitrogens is 3. The molecule has 0 unspecified atom stereocenters. The molecule has 0 spiro atoms. The molecule has 2 aliphatic heterocycles. The molecular formula is C19H25N3O3. The Labute approximate surface area is 148 Å². The molecule has 0 aliphatic carbocycles. The first-order valence-corrected chi connectivity index (χ1v) is 9.07. The first kappa shape index (κ1) is 16.7. The highest BCUT2D eigenvalue weighted by molar-refractivity contribution is 5.22. The molecule has 0 amide bonds. The van der Waals surface area contributed by atoms with Crippen molar-refractivity contribution in [1.29, 1.82) is 0 Å². The first-order chi connectivity index (χ1) is 12.3. The van der Waals surface area contributed by atoms with Gasteiger partial charge in [0.15, 0.2) is 11.6 Å². The lowest BCUT2D eigenvalue weighted by atomic mass is 10.00. The first-order valence-electron chi connectivity index (χ1n) is 9.07. The van der Waals surface area contributed by atoms with Gasteiger partial charge in [-0.2, -0.15) is 5.10 Å².